The summed E-state index contributed by atoms with van der Waals surface area (Å²) in [4.78, 5) is 37.7. The Morgan fingerprint density at radius 3 is 2.67 bits per heavy atom. The standard InChI is InChI=1S/C23H30O4/c1-13(25)17-5-6-18-16-9-14(12-24)19-10-15(27-4)7-8-22(19,2)21(16)20(26)11-23(17,18)3/h10,12,16-18,21H,5-9,11H2,1-4H3/t16-,17+,18-,21+,22-,23+/m0/s1. The number of ether oxygens (including phenoxy) is 1. The fourth-order valence-corrected chi connectivity index (χ4v) is 7.27. The second-order valence-electron chi connectivity index (χ2n) is 9.63. The van der Waals surface area contributed by atoms with Crippen molar-refractivity contribution >= 4 is 17.9 Å². The smallest absolute Gasteiger partial charge is 0.146 e. The first-order valence-electron chi connectivity index (χ1n) is 10.2. The van der Waals surface area contributed by atoms with Gasteiger partial charge in [-0.1, -0.05) is 13.8 Å². The highest BCUT2D eigenvalue weighted by Gasteiger charge is 2.63. The molecule has 6 atom stereocenters. The highest BCUT2D eigenvalue weighted by Crippen LogP contribution is 2.65. The fourth-order valence-electron chi connectivity index (χ4n) is 7.27. The van der Waals surface area contributed by atoms with E-state index >= 15 is 0 Å². The number of ketones is 2. The van der Waals surface area contributed by atoms with Gasteiger partial charge in [0.05, 0.1) is 12.9 Å². The van der Waals surface area contributed by atoms with E-state index in [0.29, 0.717) is 24.5 Å². The molecule has 4 rings (SSSR count). The Morgan fingerprint density at radius 2 is 2.04 bits per heavy atom. The second-order valence-corrected chi connectivity index (χ2v) is 9.63. The van der Waals surface area contributed by atoms with Crippen molar-refractivity contribution in [2.75, 3.05) is 7.11 Å². The molecular weight excluding hydrogens is 340 g/mol. The molecule has 0 unspecified atom stereocenters. The summed E-state index contributed by atoms with van der Waals surface area (Å²) in [6, 6.07) is 0. The van der Waals surface area contributed by atoms with Crippen LogP contribution in [0.2, 0.25) is 0 Å². The Hall–Kier alpha value is -1.71. The largest absolute Gasteiger partial charge is 0.501 e. The number of carbonyl (C=O) groups excluding carboxylic acids is 3. The molecule has 0 radical (unpaired) electrons. The number of rotatable bonds is 3. The number of fused-ring (bicyclic) bond motifs is 5. The SMILES string of the molecule is COC1=CC2=C(C=O)C[C@H]3[C@@H]4CC[C@H](C(C)=O)[C@@]4(C)CC(=O)[C@@H]3[C@@]2(C)CC1. The van der Waals surface area contributed by atoms with E-state index < -0.39 is 0 Å². The van der Waals surface area contributed by atoms with Gasteiger partial charge in [0.25, 0.3) is 0 Å². The Morgan fingerprint density at radius 1 is 1.30 bits per heavy atom. The van der Waals surface area contributed by atoms with E-state index in [4.69, 9.17) is 4.74 Å². The average Bonchev–Trinajstić information content (AvgIpc) is 2.96. The lowest BCUT2D eigenvalue weighted by Crippen LogP contribution is -2.55. The van der Waals surface area contributed by atoms with E-state index in [1.165, 1.54) is 0 Å². The van der Waals surface area contributed by atoms with Crippen LogP contribution in [0, 0.1) is 34.5 Å². The predicted octanol–water partition coefficient (Wildman–Crippen LogP) is 4.04. The van der Waals surface area contributed by atoms with E-state index in [0.717, 1.165) is 48.9 Å². The van der Waals surface area contributed by atoms with Gasteiger partial charge in [0.1, 0.15) is 17.9 Å². The lowest BCUT2D eigenvalue weighted by molar-refractivity contribution is -0.146. The number of hydrogen-bond acceptors (Lipinski definition) is 4. The molecule has 0 spiro atoms. The first-order valence-corrected chi connectivity index (χ1v) is 10.2. The normalized spacial score (nSPS) is 43.4. The molecule has 0 aromatic carbocycles. The summed E-state index contributed by atoms with van der Waals surface area (Å²) in [5.41, 5.74) is 1.30. The molecule has 2 fully saturated rings. The van der Waals surface area contributed by atoms with Gasteiger partial charge in [-0.3, -0.25) is 14.4 Å². The number of hydrogen-bond donors (Lipinski definition) is 0. The number of allylic oxidation sites excluding steroid dienone is 4. The lowest BCUT2D eigenvalue weighted by Gasteiger charge is -2.56. The minimum atomic E-state index is -0.298. The molecule has 0 aromatic heterocycles. The molecule has 146 valence electrons. The van der Waals surface area contributed by atoms with Crippen LogP contribution >= 0.6 is 0 Å². The van der Waals surface area contributed by atoms with Gasteiger partial charge in [0.15, 0.2) is 0 Å². The van der Waals surface area contributed by atoms with Crippen molar-refractivity contribution in [3.8, 4) is 0 Å². The molecule has 4 aliphatic rings. The minimum absolute atomic E-state index is 0.0170. The third kappa shape index (κ3) is 2.44. The molecule has 0 saturated heterocycles. The lowest BCUT2D eigenvalue weighted by atomic mass is 9.46. The quantitative estimate of drug-likeness (QED) is 0.704. The van der Waals surface area contributed by atoms with Crippen LogP contribution in [0.15, 0.2) is 23.0 Å². The maximum absolute atomic E-state index is 13.5. The van der Waals surface area contributed by atoms with E-state index in [1.807, 2.05) is 6.08 Å². The zero-order valence-corrected chi connectivity index (χ0v) is 16.8. The molecule has 0 aromatic rings. The first-order chi connectivity index (χ1) is 12.8. The summed E-state index contributed by atoms with van der Waals surface area (Å²) in [5.74, 6) is 1.86. The van der Waals surface area contributed by atoms with Gasteiger partial charge in [-0.15, -0.1) is 0 Å². The third-order valence-electron chi connectivity index (χ3n) is 8.45. The zero-order valence-electron chi connectivity index (χ0n) is 16.8. The van der Waals surface area contributed by atoms with Crippen LogP contribution in [0.25, 0.3) is 0 Å². The fraction of sp³-hybridized carbons (Fsp3) is 0.696. The van der Waals surface area contributed by atoms with Crippen molar-refractivity contribution in [3.63, 3.8) is 0 Å². The minimum Gasteiger partial charge on any atom is -0.501 e. The second kappa shape index (κ2) is 6.15. The van der Waals surface area contributed by atoms with E-state index in [9.17, 15) is 14.4 Å². The van der Waals surface area contributed by atoms with Gasteiger partial charge in [0.2, 0.25) is 0 Å². The molecular formula is C23H30O4. The molecule has 4 aliphatic carbocycles. The third-order valence-corrected chi connectivity index (χ3v) is 8.45. The molecule has 4 nitrogen and oxygen atoms in total. The molecule has 0 bridgehead atoms. The van der Waals surface area contributed by atoms with Crippen molar-refractivity contribution < 1.29 is 19.1 Å². The molecule has 0 aliphatic heterocycles. The molecule has 4 heteroatoms. The van der Waals surface area contributed by atoms with Gasteiger partial charge < -0.3 is 4.74 Å². The maximum atomic E-state index is 13.5. The Labute approximate surface area is 161 Å². The van der Waals surface area contributed by atoms with Crippen LogP contribution in [-0.2, 0) is 19.1 Å². The van der Waals surface area contributed by atoms with Crippen LogP contribution in [-0.4, -0.2) is 25.0 Å². The molecule has 0 heterocycles. The summed E-state index contributed by atoms with van der Waals surface area (Å²) in [6.45, 7) is 5.99. The van der Waals surface area contributed by atoms with Gasteiger partial charge in [0, 0.05) is 30.1 Å². The number of aldehydes is 1. The molecule has 27 heavy (non-hydrogen) atoms. The molecule has 0 amide bonds. The Balaban J connectivity index is 1.82. The van der Waals surface area contributed by atoms with E-state index in [-0.39, 0.29) is 34.4 Å². The van der Waals surface area contributed by atoms with Gasteiger partial charge in [-0.05, 0) is 67.1 Å². The van der Waals surface area contributed by atoms with Crippen LogP contribution in [0.1, 0.15) is 59.3 Å². The topological polar surface area (TPSA) is 60.4 Å². The van der Waals surface area contributed by atoms with Crippen LogP contribution in [0.3, 0.4) is 0 Å². The van der Waals surface area contributed by atoms with E-state index in [2.05, 4.69) is 13.8 Å². The Bertz CT molecular complexity index is 775. The average molecular weight is 370 g/mol. The van der Waals surface area contributed by atoms with E-state index in [1.54, 1.807) is 14.0 Å². The predicted molar refractivity (Wildman–Crippen MR) is 102 cm³/mol. The highest BCUT2D eigenvalue weighted by molar-refractivity contribution is 5.89. The number of Topliss-reactive ketones (excluding diaryl/α,β-unsaturated/α-hetero) is 2. The summed E-state index contributed by atoms with van der Waals surface area (Å²) in [5, 5.41) is 0. The highest BCUT2D eigenvalue weighted by atomic mass is 16.5. The van der Waals surface area contributed by atoms with Crippen molar-refractivity contribution in [1.29, 1.82) is 0 Å². The summed E-state index contributed by atoms with van der Waals surface area (Å²) in [6.07, 6.45) is 7.68. The van der Waals surface area contributed by atoms with Gasteiger partial charge in [-0.2, -0.15) is 0 Å². The van der Waals surface area contributed by atoms with Crippen molar-refractivity contribution in [3.05, 3.63) is 23.0 Å². The van der Waals surface area contributed by atoms with Crippen LogP contribution in [0.5, 0.6) is 0 Å². The summed E-state index contributed by atoms with van der Waals surface area (Å²) < 4.78 is 5.46. The monoisotopic (exact) mass is 370 g/mol. The van der Waals surface area contributed by atoms with Crippen molar-refractivity contribution in [2.24, 2.45) is 34.5 Å². The number of carbonyl (C=O) groups is 3. The maximum Gasteiger partial charge on any atom is 0.146 e. The summed E-state index contributed by atoms with van der Waals surface area (Å²) >= 11 is 0. The number of methoxy groups -OCH3 is 1. The van der Waals surface area contributed by atoms with Crippen LogP contribution in [0.4, 0.5) is 0 Å². The Kier molecular flexibility index (Phi) is 4.25. The zero-order chi connectivity index (χ0) is 19.6. The van der Waals surface area contributed by atoms with Gasteiger partial charge >= 0.3 is 0 Å². The van der Waals surface area contributed by atoms with Crippen molar-refractivity contribution in [1.82, 2.24) is 0 Å². The summed E-state index contributed by atoms with van der Waals surface area (Å²) in [7, 11) is 1.67. The molecule has 0 N–H and O–H groups in total. The first kappa shape index (κ1) is 18.6. The van der Waals surface area contributed by atoms with Gasteiger partial charge in [-0.25, -0.2) is 0 Å². The van der Waals surface area contributed by atoms with Crippen molar-refractivity contribution in [2.45, 2.75) is 59.3 Å². The van der Waals surface area contributed by atoms with Crippen LogP contribution < -0.4 is 0 Å². The molecule has 2 saturated carbocycles.